The van der Waals surface area contributed by atoms with Gasteiger partial charge in [-0.15, -0.1) is 10.2 Å². The predicted molar refractivity (Wildman–Crippen MR) is 110 cm³/mol. The van der Waals surface area contributed by atoms with Crippen molar-refractivity contribution in [3.05, 3.63) is 70.2 Å². The van der Waals surface area contributed by atoms with E-state index in [0.29, 0.717) is 16.3 Å². The molecule has 0 saturated carbocycles. The van der Waals surface area contributed by atoms with Crippen LogP contribution in [0.5, 0.6) is 5.75 Å². The zero-order chi connectivity index (χ0) is 20.1. The van der Waals surface area contributed by atoms with Crippen molar-refractivity contribution in [2.45, 2.75) is 19.4 Å². The fraction of sp³-hybridized carbons (Fsp3) is 0.238. The molecule has 0 spiro atoms. The Morgan fingerprint density at radius 1 is 1.00 bits per heavy atom. The molecule has 0 unspecified atom stereocenters. The van der Waals surface area contributed by atoms with Crippen LogP contribution in [0.1, 0.15) is 38.0 Å². The Bertz CT molecular complexity index is 983. The van der Waals surface area contributed by atoms with Crippen molar-refractivity contribution in [1.29, 1.82) is 0 Å². The Morgan fingerprint density at radius 2 is 1.72 bits per heavy atom. The van der Waals surface area contributed by atoms with Crippen LogP contribution in [-0.2, 0) is 6.61 Å². The van der Waals surface area contributed by atoms with Gasteiger partial charge in [0.25, 0.3) is 11.8 Å². The van der Waals surface area contributed by atoms with Gasteiger partial charge in [-0.25, -0.2) is 0 Å². The average molecular weight is 408 g/mol. The summed E-state index contributed by atoms with van der Waals surface area (Å²) >= 11 is 1.18. The van der Waals surface area contributed by atoms with Crippen LogP contribution in [0.15, 0.2) is 54.6 Å². The van der Waals surface area contributed by atoms with Crippen molar-refractivity contribution >= 4 is 28.8 Å². The van der Waals surface area contributed by atoms with Gasteiger partial charge < -0.3 is 15.0 Å². The summed E-state index contributed by atoms with van der Waals surface area (Å²) in [6.07, 6.45) is 2.11. The summed E-state index contributed by atoms with van der Waals surface area (Å²) in [6.45, 7) is 1.87. The number of carbonyl (C=O) groups is 2. The van der Waals surface area contributed by atoms with Gasteiger partial charge in [0, 0.05) is 24.3 Å². The lowest BCUT2D eigenvalue weighted by atomic mass is 10.2. The predicted octanol–water partition coefficient (Wildman–Crippen LogP) is 3.61. The Balaban J connectivity index is 1.33. The van der Waals surface area contributed by atoms with Crippen molar-refractivity contribution in [2.24, 2.45) is 0 Å². The highest BCUT2D eigenvalue weighted by Gasteiger charge is 2.19. The second-order valence-corrected chi connectivity index (χ2v) is 7.70. The first-order valence-electron chi connectivity index (χ1n) is 9.40. The van der Waals surface area contributed by atoms with Gasteiger partial charge >= 0.3 is 0 Å². The van der Waals surface area contributed by atoms with Gasteiger partial charge in [-0.2, -0.15) is 0 Å². The number of rotatable bonds is 6. The molecule has 7 nitrogen and oxygen atoms in total. The SMILES string of the molecule is O=C(Nc1ccc(C(=O)N2CCCC2)cc1)c1nnc(COc2ccccc2)s1. The summed E-state index contributed by atoms with van der Waals surface area (Å²) in [7, 11) is 0. The van der Waals surface area contributed by atoms with Crippen LogP contribution in [0, 0.1) is 0 Å². The number of carbonyl (C=O) groups excluding carboxylic acids is 2. The van der Waals surface area contributed by atoms with E-state index in [9.17, 15) is 9.59 Å². The van der Waals surface area contributed by atoms with Crippen LogP contribution in [0.3, 0.4) is 0 Å². The Morgan fingerprint density at radius 3 is 2.45 bits per heavy atom. The normalized spacial score (nSPS) is 13.3. The van der Waals surface area contributed by atoms with Crippen molar-refractivity contribution in [2.75, 3.05) is 18.4 Å². The molecule has 1 aliphatic rings. The van der Waals surface area contributed by atoms with Crippen LogP contribution < -0.4 is 10.1 Å². The fourth-order valence-corrected chi connectivity index (χ4v) is 3.70. The Hall–Kier alpha value is -3.26. The maximum atomic E-state index is 12.4. The van der Waals surface area contributed by atoms with Crippen LogP contribution in [0.25, 0.3) is 0 Å². The molecule has 29 heavy (non-hydrogen) atoms. The molecule has 1 aromatic heterocycles. The molecule has 2 aromatic carbocycles. The van der Waals surface area contributed by atoms with Crippen molar-refractivity contribution < 1.29 is 14.3 Å². The van der Waals surface area contributed by atoms with Crippen molar-refractivity contribution in [1.82, 2.24) is 15.1 Å². The Kier molecular flexibility index (Phi) is 5.81. The van der Waals surface area contributed by atoms with Gasteiger partial charge in [-0.05, 0) is 49.2 Å². The minimum Gasteiger partial charge on any atom is -0.486 e. The number of hydrogen-bond donors (Lipinski definition) is 1. The highest BCUT2D eigenvalue weighted by atomic mass is 32.1. The van der Waals surface area contributed by atoms with Gasteiger partial charge in [0.1, 0.15) is 12.4 Å². The van der Waals surface area contributed by atoms with Crippen molar-refractivity contribution in [3.8, 4) is 5.75 Å². The monoisotopic (exact) mass is 408 g/mol. The third-order valence-corrected chi connectivity index (χ3v) is 5.45. The summed E-state index contributed by atoms with van der Waals surface area (Å²) < 4.78 is 5.62. The second kappa shape index (κ2) is 8.83. The number of aromatic nitrogens is 2. The number of anilines is 1. The largest absolute Gasteiger partial charge is 0.486 e. The number of nitrogens with one attached hydrogen (secondary N) is 1. The number of amides is 2. The van der Waals surface area contributed by atoms with Gasteiger partial charge in [0.2, 0.25) is 5.01 Å². The first-order chi connectivity index (χ1) is 14.2. The molecule has 1 N–H and O–H groups in total. The lowest BCUT2D eigenvalue weighted by molar-refractivity contribution is 0.0792. The molecule has 0 aliphatic carbocycles. The molecule has 148 valence electrons. The van der Waals surface area contributed by atoms with Gasteiger partial charge in [-0.3, -0.25) is 9.59 Å². The van der Waals surface area contributed by atoms with Gasteiger partial charge in [0.15, 0.2) is 5.01 Å². The maximum absolute atomic E-state index is 12.4. The maximum Gasteiger partial charge on any atom is 0.286 e. The molecule has 2 amide bonds. The van der Waals surface area contributed by atoms with E-state index >= 15 is 0 Å². The molecule has 0 radical (unpaired) electrons. The van der Waals surface area contributed by atoms with Crippen LogP contribution in [-0.4, -0.2) is 40.0 Å². The first kappa shape index (κ1) is 19.1. The van der Waals surface area contributed by atoms with Gasteiger partial charge in [0.05, 0.1) is 0 Å². The minimum absolute atomic E-state index is 0.0348. The summed E-state index contributed by atoms with van der Waals surface area (Å²) in [5.74, 6) is 0.428. The molecule has 3 aromatic rings. The van der Waals surface area contributed by atoms with E-state index in [1.165, 1.54) is 11.3 Å². The molecular weight excluding hydrogens is 388 g/mol. The van der Waals surface area contributed by atoms with Crippen LogP contribution in [0.4, 0.5) is 5.69 Å². The molecule has 4 rings (SSSR count). The number of para-hydroxylation sites is 1. The molecule has 2 heterocycles. The number of ether oxygens (including phenoxy) is 1. The van der Waals surface area contributed by atoms with E-state index in [4.69, 9.17) is 4.74 Å². The minimum atomic E-state index is -0.341. The molecule has 0 atom stereocenters. The van der Waals surface area contributed by atoms with Crippen LogP contribution >= 0.6 is 11.3 Å². The van der Waals surface area contributed by atoms with Crippen molar-refractivity contribution in [3.63, 3.8) is 0 Å². The molecule has 1 saturated heterocycles. The summed E-state index contributed by atoms with van der Waals surface area (Å²) in [5.41, 5.74) is 1.23. The number of likely N-dealkylation sites (tertiary alicyclic amines) is 1. The summed E-state index contributed by atoms with van der Waals surface area (Å²) in [6, 6.07) is 16.3. The lowest BCUT2D eigenvalue weighted by Crippen LogP contribution is -2.27. The smallest absolute Gasteiger partial charge is 0.286 e. The lowest BCUT2D eigenvalue weighted by Gasteiger charge is -2.15. The molecule has 8 heteroatoms. The van der Waals surface area contributed by atoms with E-state index < -0.39 is 0 Å². The third kappa shape index (κ3) is 4.78. The topological polar surface area (TPSA) is 84.4 Å². The number of nitrogens with zero attached hydrogens (tertiary/aromatic N) is 3. The number of benzene rings is 2. The zero-order valence-electron chi connectivity index (χ0n) is 15.7. The second-order valence-electron chi connectivity index (χ2n) is 6.63. The summed E-state index contributed by atoms with van der Waals surface area (Å²) in [4.78, 5) is 26.6. The van der Waals surface area contributed by atoms with E-state index in [-0.39, 0.29) is 23.4 Å². The van der Waals surface area contributed by atoms with E-state index in [0.717, 1.165) is 31.7 Å². The Labute approximate surface area is 172 Å². The molecule has 0 bridgehead atoms. The highest BCUT2D eigenvalue weighted by Crippen LogP contribution is 2.18. The highest BCUT2D eigenvalue weighted by molar-refractivity contribution is 7.13. The first-order valence-corrected chi connectivity index (χ1v) is 10.2. The summed E-state index contributed by atoms with van der Waals surface area (Å²) in [5, 5.41) is 11.6. The van der Waals surface area contributed by atoms with E-state index in [1.54, 1.807) is 24.3 Å². The number of hydrogen-bond acceptors (Lipinski definition) is 6. The average Bonchev–Trinajstić information content (AvgIpc) is 3.45. The molecular formula is C21H20N4O3S. The molecule has 1 fully saturated rings. The van der Waals surface area contributed by atoms with E-state index in [1.807, 2.05) is 35.2 Å². The molecule has 1 aliphatic heterocycles. The quantitative estimate of drug-likeness (QED) is 0.674. The third-order valence-electron chi connectivity index (χ3n) is 4.55. The standard InChI is InChI=1S/C21H20N4O3S/c26-19(20-24-23-18(29-20)14-28-17-6-2-1-3-7-17)22-16-10-8-15(9-11-16)21(27)25-12-4-5-13-25/h1-3,6-11H,4-5,12-14H2,(H,22,26). The van der Waals surface area contributed by atoms with Crippen LogP contribution in [0.2, 0.25) is 0 Å². The van der Waals surface area contributed by atoms with E-state index in [2.05, 4.69) is 15.5 Å². The zero-order valence-corrected chi connectivity index (χ0v) is 16.5. The van der Waals surface area contributed by atoms with Gasteiger partial charge in [-0.1, -0.05) is 29.5 Å². The fourth-order valence-electron chi connectivity index (χ4n) is 3.05.